The lowest BCUT2D eigenvalue weighted by Gasteiger charge is -2.32. The van der Waals surface area contributed by atoms with Gasteiger partial charge in [-0.05, 0) is 51.9 Å². The molecular formula is C20H28O4Si. The summed E-state index contributed by atoms with van der Waals surface area (Å²) in [6.45, 7) is 11.6. The predicted octanol–water partition coefficient (Wildman–Crippen LogP) is 5.46. The molecule has 0 bridgehead atoms. The predicted molar refractivity (Wildman–Crippen MR) is 101 cm³/mol. The van der Waals surface area contributed by atoms with Gasteiger partial charge in [0.05, 0.1) is 0 Å². The van der Waals surface area contributed by atoms with Gasteiger partial charge in [0.25, 0.3) is 0 Å². The van der Waals surface area contributed by atoms with Crippen LogP contribution in [0, 0.1) is 0 Å². The number of hydrogen-bond donors (Lipinski definition) is 0. The van der Waals surface area contributed by atoms with E-state index < -0.39 is 19.8 Å². The minimum Gasteiger partial charge on any atom is -0.248 e. The van der Waals surface area contributed by atoms with Gasteiger partial charge in [-0.25, -0.2) is 18.9 Å². The molecule has 0 amide bonds. The standard InChI is InChI=1S/C20H28O4Si/c1-19(2,17-13-9-7-10-14-17)21-23-25(5,6)24-22-20(3,4)18-15-11-8-12-16-18/h7-16H,1-6H3. The van der Waals surface area contributed by atoms with Crippen LogP contribution >= 0.6 is 0 Å². The summed E-state index contributed by atoms with van der Waals surface area (Å²) in [6, 6.07) is 19.9. The molecule has 136 valence electrons. The minimum absolute atomic E-state index is 0.580. The van der Waals surface area contributed by atoms with Crippen molar-refractivity contribution in [1.29, 1.82) is 0 Å². The van der Waals surface area contributed by atoms with Gasteiger partial charge in [-0.2, -0.15) is 0 Å². The second-order valence-electron chi connectivity index (χ2n) is 7.49. The molecule has 2 aromatic rings. The first-order valence-electron chi connectivity index (χ1n) is 8.47. The summed E-state index contributed by atoms with van der Waals surface area (Å²) in [5, 5.41) is 0. The fourth-order valence-corrected chi connectivity index (χ4v) is 3.04. The molecule has 2 aromatic carbocycles. The van der Waals surface area contributed by atoms with E-state index in [1.807, 2.05) is 101 Å². The quantitative estimate of drug-likeness (QED) is 0.356. The highest BCUT2D eigenvalue weighted by atomic mass is 28.4. The van der Waals surface area contributed by atoms with Crippen molar-refractivity contribution in [3.63, 3.8) is 0 Å². The molecule has 4 nitrogen and oxygen atoms in total. The molecule has 0 heterocycles. The van der Waals surface area contributed by atoms with Crippen molar-refractivity contribution in [2.45, 2.75) is 52.0 Å². The number of rotatable bonds is 8. The summed E-state index contributed by atoms with van der Waals surface area (Å²) in [4.78, 5) is 11.4. The van der Waals surface area contributed by atoms with Crippen molar-refractivity contribution in [3.05, 3.63) is 71.8 Å². The molecule has 0 saturated carbocycles. The Morgan fingerprint density at radius 1 is 0.600 bits per heavy atom. The fourth-order valence-electron chi connectivity index (χ4n) is 2.20. The van der Waals surface area contributed by atoms with Gasteiger partial charge >= 0.3 is 8.56 Å². The van der Waals surface area contributed by atoms with Crippen molar-refractivity contribution in [3.8, 4) is 0 Å². The molecule has 0 aromatic heterocycles. The molecule has 0 saturated heterocycles. The van der Waals surface area contributed by atoms with Crippen molar-refractivity contribution < 1.29 is 18.9 Å². The first kappa shape index (κ1) is 19.8. The van der Waals surface area contributed by atoms with Crippen LogP contribution in [0.4, 0.5) is 0 Å². The van der Waals surface area contributed by atoms with Crippen LogP contribution in [0.2, 0.25) is 13.1 Å². The maximum atomic E-state index is 5.71. The maximum Gasteiger partial charge on any atom is 0.403 e. The van der Waals surface area contributed by atoms with E-state index in [1.54, 1.807) is 0 Å². The minimum atomic E-state index is -2.63. The van der Waals surface area contributed by atoms with Crippen LogP contribution in [0.1, 0.15) is 38.8 Å². The van der Waals surface area contributed by atoms with Crippen LogP contribution in [0.25, 0.3) is 0 Å². The lowest BCUT2D eigenvalue weighted by Crippen LogP contribution is -2.40. The Morgan fingerprint density at radius 2 is 0.920 bits per heavy atom. The first-order valence-corrected chi connectivity index (χ1v) is 11.3. The number of hydrogen-bond acceptors (Lipinski definition) is 4. The molecule has 0 atom stereocenters. The molecule has 0 unspecified atom stereocenters. The van der Waals surface area contributed by atoms with E-state index >= 15 is 0 Å². The zero-order chi connectivity index (χ0) is 18.6. The smallest absolute Gasteiger partial charge is 0.248 e. The Balaban J connectivity index is 1.93. The summed E-state index contributed by atoms with van der Waals surface area (Å²) in [6.07, 6.45) is 0. The van der Waals surface area contributed by atoms with E-state index in [1.165, 1.54) is 0 Å². The molecular weight excluding hydrogens is 332 g/mol. The molecule has 0 radical (unpaired) electrons. The van der Waals surface area contributed by atoms with E-state index in [9.17, 15) is 0 Å². The van der Waals surface area contributed by atoms with Crippen molar-refractivity contribution in [1.82, 2.24) is 0 Å². The van der Waals surface area contributed by atoms with E-state index in [0.717, 1.165) is 11.1 Å². The SMILES string of the molecule is CC(C)(OO[Si](C)(C)OOC(C)(C)c1ccccc1)c1ccccc1. The first-order chi connectivity index (χ1) is 11.6. The van der Waals surface area contributed by atoms with Gasteiger partial charge in [-0.15, -0.1) is 0 Å². The van der Waals surface area contributed by atoms with Crippen LogP contribution in [0.5, 0.6) is 0 Å². The lowest BCUT2D eigenvalue weighted by molar-refractivity contribution is -0.357. The molecule has 5 heteroatoms. The Hall–Kier alpha value is -1.50. The number of benzene rings is 2. The monoisotopic (exact) mass is 360 g/mol. The van der Waals surface area contributed by atoms with Crippen LogP contribution in [0.15, 0.2) is 60.7 Å². The fraction of sp³-hybridized carbons (Fsp3) is 0.400. The third-order valence-corrected chi connectivity index (χ3v) is 4.81. The molecule has 25 heavy (non-hydrogen) atoms. The Morgan fingerprint density at radius 3 is 1.24 bits per heavy atom. The second-order valence-corrected chi connectivity index (χ2v) is 10.6. The average Bonchev–Trinajstić information content (AvgIpc) is 2.60. The van der Waals surface area contributed by atoms with E-state index in [2.05, 4.69) is 0 Å². The normalized spacial score (nSPS) is 13.0. The van der Waals surface area contributed by atoms with Crippen molar-refractivity contribution in [2.24, 2.45) is 0 Å². The lowest BCUT2D eigenvalue weighted by atomic mass is 9.99. The van der Waals surface area contributed by atoms with Gasteiger partial charge in [0.1, 0.15) is 11.2 Å². The van der Waals surface area contributed by atoms with Gasteiger partial charge < -0.3 is 0 Å². The summed E-state index contributed by atoms with van der Waals surface area (Å²) < 4.78 is 11.3. The van der Waals surface area contributed by atoms with Crippen LogP contribution < -0.4 is 0 Å². The molecule has 0 spiro atoms. The van der Waals surface area contributed by atoms with Gasteiger partial charge in [-0.3, -0.25) is 0 Å². The van der Waals surface area contributed by atoms with Crippen LogP contribution in [-0.4, -0.2) is 8.56 Å². The zero-order valence-corrected chi connectivity index (χ0v) is 16.9. The van der Waals surface area contributed by atoms with Crippen molar-refractivity contribution in [2.75, 3.05) is 0 Å². The topological polar surface area (TPSA) is 36.9 Å². The van der Waals surface area contributed by atoms with Gasteiger partial charge in [0, 0.05) is 0 Å². The van der Waals surface area contributed by atoms with Crippen LogP contribution in [-0.2, 0) is 30.1 Å². The highest BCUT2D eigenvalue weighted by Gasteiger charge is 2.36. The summed E-state index contributed by atoms with van der Waals surface area (Å²) in [5.41, 5.74) is 0.906. The third-order valence-electron chi connectivity index (χ3n) is 3.84. The zero-order valence-electron chi connectivity index (χ0n) is 15.9. The van der Waals surface area contributed by atoms with Crippen molar-refractivity contribution >= 4 is 8.56 Å². The van der Waals surface area contributed by atoms with Gasteiger partial charge in [0.15, 0.2) is 0 Å². The van der Waals surface area contributed by atoms with Gasteiger partial charge in [-0.1, -0.05) is 60.7 Å². The molecule has 0 aliphatic heterocycles. The van der Waals surface area contributed by atoms with E-state index in [-0.39, 0.29) is 0 Å². The molecule has 0 aliphatic carbocycles. The molecule has 0 aliphatic rings. The molecule has 0 fully saturated rings. The highest BCUT2D eigenvalue weighted by molar-refractivity contribution is 6.64. The molecule has 2 rings (SSSR count). The Labute approximate surface area is 151 Å². The second kappa shape index (κ2) is 7.80. The summed E-state index contributed by atoms with van der Waals surface area (Å²) in [5.74, 6) is 0. The van der Waals surface area contributed by atoms with E-state index in [0.29, 0.717) is 0 Å². The Kier molecular flexibility index (Phi) is 6.19. The van der Waals surface area contributed by atoms with Crippen LogP contribution in [0.3, 0.4) is 0 Å². The maximum absolute atomic E-state index is 5.71. The largest absolute Gasteiger partial charge is 0.403 e. The summed E-state index contributed by atoms with van der Waals surface area (Å²) >= 11 is 0. The summed E-state index contributed by atoms with van der Waals surface area (Å²) in [7, 11) is -2.63. The average molecular weight is 361 g/mol. The Bertz CT molecular complexity index is 596. The highest BCUT2D eigenvalue weighted by Crippen LogP contribution is 2.29. The molecule has 0 N–H and O–H groups in total. The third kappa shape index (κ3) is 5.76. The van der Waals surface area contributed by atoms with E-state index in [4.69, 9.17) is 18.9 Å². The van der Waals surface area contributed by atoms with Gasteiger partial charge in [0.2, 0.25) is 0 Å².